The van der Waals surface area contributed by atoms with Gasteiger partial charge in [-0.15, -0.1) is 0 Å². The number of hydrogen-bond acceptors (Lipinski definition) is 4. The zero-order valence-corrected chi connectivity index (χ0v) is 10.5. The Kier molecular flexibility index (Phi) is 4.90. The summed E-state index contributed by atoms with van der Waals surface area (Å²) in [5, 5.41) is 12.3. The van der Waals surface area contributed by atoms with Crippen molar-refractivity contribution in [3.05, 3.63) is 23.9 Å². The van der Waals surface area contributed by atoms with Crippen LogP contribution < -0.4 is 10.2 Å². The smallest absolute Gasteiger partial charge is 0.239 e. The molecule has 1 aromatic rings. The number of aliphatic hydroxyl groups is 1. The van der Waals surface area contributed by atoms with Gasteiger partial charge in [-0.25, -0.2) is 4.98 Å². The van der Waals surface area contributed by atoms with E-state index in [9.17, 15) is 9.90 Å². The number of rotatable bonds is 5. The predicted molar refractivity (Wildman–Crippen MR) is 66.8 cm³/mol. The third-order valence-electron chi connectivity index (χ3n) is 2.38. The van der Waals surface area contributed by atoms with Crippen molar-refractivity contribution in [2.24, 2.45) is 0 Å². The molecule has 0 aliphatic carbocycles. The SMILES string of the molecule is CCNC(=O)CN(C)c1ncccc1[C@@H](C)O. The Labute approximate surface area is 101 Å². The first kappa shape index (κ1) is 13.4. The number of carbonyl (C=O) groups excluding carboxylic acids is 1. The van der Waals surface area contributed by atoms with E-state index in [0.717, 1.165) is 5.56 Å². The van der Waals surface area contributed by atoms with E-state index in [1.165, 1.54) is 0 Å². The number of hydrogen-bond donors (Lipinski definition) is 2. The first-order chi connectivity index (χ1) is 8.06. The zero-order valence-electron chi connectivity index (χ0n) is 10.5. The van der Waals surface area contributed by atoms with Crippen LogP contribution in [0.4, 0.5) is 5.82 Å². The average molecular weight is 237 g/mol. The van der Waals surface area contributed by atoms with Crippen molar-refractivity contribution in [1.29, 1.82) is 0 Å². The van der Waals surface area contributed by atoms with Crippen molar-refractivity contribution in [2.75, 3.05) is 25.0 Å². The van der Waals surface area contributed by atoms with Gasteiger partial charge >= 0.3 is 0 Å². The van der Waals surface area contributed by atoms with Crippen LogP contribution in [0.5, 0.6) is 0 Å². The first-order valence-electron chi connectivity index (χ1n) is 5.67. The Morgan fingerprint density at radius 2 is 2.35 bits per heavy atom. The lowest BCUT2D eigenvalue weighted by Crippen LogP contribution is -2.35. The number of carbonyl (C=O) groups is 1. The molecule has 0 aromatic carbocycles. The van der Waals surface area contributed by atoms with Crippen molar-refractivity contribution in [2.45, 2.75) is 20.0 Å². The van der Waals surface area contributed by atoms with Gasteiger partial charge < -0.3 is 15.3 Å². The zero-order chi connectivity index (χ0) is 12.8. The highest BCUT2D eigenvalue weighted by Crippen LogP contribution is 2.22. The van der Waals surface area contributed by atoms with Gasteiger partial charge in [-0.1, -0.05) is 6.07 Å². The molecule has 0 saturated carbocycles. The molecular weight excluding hydrogens is 218 g/mol. The quantitative estimate of drug-likeness (QED) is 0.791. The van der Waals surface area contributed by atoms with Gasteiger partial charge in [0, 0.05) is 25.4 Å². The first-order valence-corrected chi connectivity index (χ1v) is 5.67. The van der Waals surface area contributed by atoms with E-state index in [1.807, 2.05) is 6.92 Å². The van der Waals surface area contributed by atoms with Gasteiger partial charge in [-0.3, -0.25) is 4.79 Å². The molecule has 0 radical (unpaired) electrons. The Morgan fingerprint density at radius 1 is 1.65 bits per heavy atom. The van der Waals surface area contributed by atoms with Gasteiger partial charge in [0.05, 0.1) is 12.6 Å². The van der Waals surface area contributed by atoms with E-state index in [4.69, 9.17) is 0 Å². The molecule has 0 fully saturated rings. The molecule has 0 unspecified atom stereocenters. The summed E-state index contributed by atoms with van der Waals surface area (Å²) in [6, 6.07) is 3.58. The Hall–Kier alpha value is -1.62. The van der Waals surface area contributed by atoms with E-state index in [2.05, 4.69) is 10.3 Å². The predicted octanol–water partition coefficient (Wildman–Crippen LogP) is 0.707. The highest BCUT2D eigenvalue weighted by molar-refractivity contribution is 5.81. The van der Waals surface area contributed by atoms with Gasteiger partial charge in [0.2, 0.25) is 5.91 Å². The lowest BCUT2D eigenvalue weighted by Gasteiger charge is -2.21. The highest BCUT2D eigenvalue weighted by Gasteiger charge is 2.14. The maximum atomic E-state index is 11.5. The molecule has 5 heteroatoms. The fourth-order valence-corrected chi connectivity index (χ4v) is 1.60. The number of nitrogens with one attached hydrogen (secondary N) is 1. The Bertz CT molecular complexity index is 380. The van der Waals surface area contributed by atoms with Crippen molar-refractivity contribution in [3.8, 4) is 0 Å². The van der Waals surface area contributed by atoms with Crippen molar-refractivity contribution in [3.63, 3.8) is 0 Å². The van der Waals surface area contributed by atoms with Crippen LogP contribution in [0.15, 0.2) is 18.3 Å². The standard InChI is InChI=1S/C12H19N3O2/c1-4-13-11(17)8-15(3)12-10(9(2)16)6-5-7-14-12/h5-7,9,16H,4,8H2,1-3H3,(H,13,17)/t9-/m1/s1. The lowest BCUT2D eigenvalue weighted by atomic mass is 10.1. The van der Waals surface area contributed by atoms with Crippen LogP contribution in [-0.2, 0) is 4.79 Å². The lowest BCUT2D eigenvalue weighted by molar-refractivity contribution is -0.119. The molecule has 0 aliphatic heterocycles. The van der Waals surface area contributed by atoms with E-state index >= 15 is 0 Å². The monoisotopic (exact) mass is 237 g/mol. The van der Waals surface area contributed by atoms with Crippen molar-refractivity contribution in [1.82, 2.24) is 10.3 Å². The normalized spacial score (nSPS) is 12.0. The number of aliphatic hydroxyl groups excluding tert-OH is 1. The molecule has 0 spiro atoms. The number of aromatic nitrogens is 1. The summed E-state index contributed by atoms with van der Waals surface area (Å²) < 4.78 is 0. The second-order valence-corrected chi connectivity index (χ2v) is 3.90. The van der Waals surface area contributed by atoms with Gasteiger partial charge in [0.25, 0.3) is 0 Å². The molecule has 0 saturated heterocycles. The molecule has 5 nitrogen and oxygen atoms in total. The highest BCUT2D eigenvalue weighted by atomic mass is 16.3. The van der Waals surface area contributed by atoms with Crippen molar-refractivity contribution < 1.29 is 9.90 Å². The molecule has 1 heterocycles. The summed E-state index contributed by atoms with van der Waals surface area (Å²) in [5.41, 5.74) is 0.722. The second kappa shape index (κ2) is 6.20. The fourth-order valence-electron chi connectivity index (χ4n) is 1.60. The Morgan fingerprint density at radius 3 is 2.94 bits per heavy atom. The topological polar surface area (TPSA) is 65.5 Å². The summed E-state index contributed by atoms with van der Waals surface area (Å²) >= 11 is 0. The summed E-state index contributed by atoms with van der Waals surface area (Å²) in [5.74, 6) is 0.575. The number of likely N-dealkylation sites (N-methyl/N-ethyl adjacent to an activating group) is 2. The minimum atomic E-state index is -0.601. The number of nitrogens with zero attached hydrogens (tertiary/aromatic N) is 2. The fraction of sp³-hybridized carbons (Fsp3) is 0.500. The van der Waals surface area contributed by atoms with Crippen LogP contribution in [0.25, 0.3) is 0 Å². The van der Waals surface area contributed by atoms with Gasteiger partial charge in [-0.2, -0.15) is 0 Å². The number of pyridine rings is 1. The molecule has 1 aromatic heterocycles. The number of amides is 1. The van der Waals surface area contributed by atoms with E-state index in [1.54, 1.807) is 37.2 Å². The third kappa shape index (κ3) is 3.71. The maximum absolute atomic E-state index is 11.5. The summed E-state index contributed by atoms with van der Waals surface area (Å²) in [4.78, 5) is 17.4. The van der Waals surface area contributed by atoms with Crippen LogP contribution >= 0.6 is 0 Å². The van der Waals surface area contributed by atoms with E-state index in [0.29, 0.717) is 12.4 Å². The van der Waals surface area contributed by atoms with Crippen LogP contribution in [0.3, 0.4) is 0 Å². The van der Waals surface area contributed by atoms with Gasteiger partial charge in [-0.05, 0) is 19.9 Å². The second-order valence-electron chi connectivity index (χ2n) is 3.90. The third-order valence-corrected chi connectivity index (χ3v) is 2.38. The van der Waals surface area contributed by atoms with E-state index in [-0.39, 0.29) is 12.5 Å². The molecule has 94 valence electrons. The van der Waals surface area contributed by atoms with Crippen LogP contribution in [0.2, 0.25) is 0 Å². The Balaban J connectivity index is 2.81. The van der Waals surface area contributed by atoms with Crippen LogP contribution in [-0.4, -0.2) is 36.1 Å². The number of anilines is 1. The molecule has 1 amide bonds. The molecule has 1 atom stereocenters. The largest absolute Gasteiger partial charge is 0.389 e. The van der Waals surface area contributed by atoms with Crippen LogP contribution in [0, 0.1) is 0 Å². The molecule has 2 N–H and O–H groups in total. The van der Waals surface area contributed by atoms with Crippen LogP contribution in [0.1, 0.15) is 25.5 Å². The maximum Gasteiger partial charge on any atom is 0.239 e. The minimum absolute atomic E-state index is 0.0582. The molecule has 0 aliphatic rings. The average Bonchev–Trinajstić information content (AvgIpc) is 2.29. The summed E-state index contributed by atoms with van der Waals surface area (Å²) in [7, 11) is 1.78. The molecule has 1 rings (SSSR count). The minimum Gasteiger partial charge on any atom is -0.389 e. The summed E-state index contributed by atoms with van der Waals surface area (Å²) in [6.45, 7) is 4.39. The van der Waals surface area contributed by atoms with Crippen molar-refractivity contribution >= 4 is 11.7 Å². The van der Waals surface area contributed by atoms with Gasteiger partial charge in [0.1, 0.15) is 5.82 Å². The molecular formula is C12H19N3O2. The van der Waals surface area contributed by atoms with E-state index < -0.39 is 6.10 Å². The molecule has 0 bridgehead atoms. The van der Waals surface area contributed by atoms with Gasteiger partial charge in [0.15, 0.2) is 0 Å². The summed E-state index contributed by atoms with van der Waals surface area (Å²) in [6.07, 6.45) is 1.05. The molecule has 17 heavy (non-hydrogen) atoms.